The minimum atomic E-state index is -0.911. The Morgan fingerprint density at radius 3 is 2.57 bits per heavy atom. The van der Waals surface area contributed by atoms with E-state index < -0.39 is 6.09 Å². The van der Waals surface area contributed by atoms with Gasteiger partial charge in [0.1, 0.15) is 0 Å². The van der Waals surface area contributed by atoms with E-state index in [-0.39, 0.29) is 17.9 Å². The number of nitrogens with one attached hydrogen (secondary N) is 1. The number of hydrogen-bond acceptors (Lipinski definition) is 2. The highest BCUT2D eigenvalue weighted by molar-refractivity contribution is 5.78. The summed E-state index contributed by atoms with van der Waals surface area (Å²) in [6.07, 6.45) is -0.198. The second kappa shape index (κ2) is 4.30. The van der Waals surface area contributed by atoms with Crippen molar-refractivity contribution in [2.75, 3.05) is 13.1 Å². The smallest absolute Gasteiger partial charge is 0.407 e. The van der Waals surface area contributed by atoms with Gasteiger partial charge in [0.25, 0.3) is 0 Å². The lowest BCUT2D eigenvalue weighted by Gasteiger charge is -2.15. The third kappa shape index (κ3) is 2.61. The van der Waals surface area contributed by atoms with Gasteiger partial charge < -0.3 is 15.3 Å². The van der Waals surface area contributed by atoms with Gasteiger partial charge in [0.15, 0.2) is 0 Å². The molecule has 1 heterocycles. The van der Waals surface area contributed by atoms with Crippen LogP contribution in [0.4, 0.5) is 4.79 Å². The largest absolute Gasteiger partial charge is 0.465 e. The lowest BCUT2D eigenvalue weighted by Crippen LogP contribution is -2.40. The zero-order chi connectivity index (χ0) is 10.7. The van der Waals surface area contributed by atoms with E-state index in [1.54, 1.807) is 0 Å². The second-order valence-electron chi connectivity index (χ2n) is 3.88. The van der Waals surface area contributed by atoms with Gasteiger partial charge in [-0.1, -0.05) is 13.8 Å². The van der Waals surface area contributed by atoms with Crippen molar-refractivity contribution in [1.82, 2.24) is 10.2 Å². The van der Waals surface area contributed by atoms with E-state index in [1.165, 1.54) is 4.90 Å². The Hall–Kier alpha value is -1.26. The Balaban J connectivity index is 2.36. The maximum absolute atomic E-state index is 11.3. The Labute approximate surface area is 83.1 Å². The fourth-order valence-electron chi connectivity index (χ4n) is 1.42. The number of amides is 2. The number of carbonyl (C=O) groups excluding carboxylic acids is 1. The molecule has 0 radical (unpaired) electrons. The molecule has 0 aliphatic carbocycles. The molecular weight excluding hydrogens is 184 g/mol. The predicted molar refractivity (Wildman–Crippen MR) is 51.0 cm³/mol. The van der Waals surface area contributed by atoms with Gasteiger partial charge >= 0.3 is 6.09 Å². The second-order valence-corrected chi connectivity index (χ2v) is 3.88. The summed E-state index contributed by atoms with van der Waals surface area (Å²) in [5.41, 5.74) is 0. The molecule has 1 rings (SSSR count). The summed E-state index contributed by atoms with van der Waals surface area (Å²) in [7, 11) is 0. The van der Waals surface area contributed by atoms with Crippen molar-refractivity contribution in [3.63, 3.8) is 0 Å². The Kier molecular flexibility index (Phi) is 3.33. The fraction of sp³-hybridized carbons (Fsp3) is 0.778. The molecule has 2 N–H and O–H groups in total. The highest BCUT2D eigenvalue weighted by Gasteiger charge is 2.27. The van der Waals surface area contributed by atoms with Gasteiger partial charge in [-0.05, 0) is 6.42 Å². The van der Waals surface area contributed by atoms with Crippen LogP contribution < -0.4 is 5.32 Å². The van der Waals surface area contributed by atoms with Crippen molar-refractivity contribution in [1.29, 1.82) is 0 Å². The molecule has 5 nitrogen and oxygen atoms in total. The summed E-state index contributed by atoms with van der Waals surface area (Å²) in [5.74, 6) is -0.0592. The third-order valence-electron chi connectivity index (χ3n) is 2.33. The average molecular weight is 200 g/mol. The van der Waals surface area contributed by atoms with E-state index in [1.807, 2.05) is 13.8 Å². The topological polar surface area (TPSA) is 69.6 Å². The molecule has 5 heteroatoms. The molecule has 80 valence electrons. The number of rotatable bonds is 2. The first kappa shape index (κ1) is 10.8. The standard InChI is InChI=1S/C9H16N2O3/c1-6(2)8(12)10-7-3-4-11(5-7)9(13)14/h6-7H,3-5H2,1-2H3,(H,10,12)(H,13,14)/t7-/m1/s1. The predicted octanol–water partition coefficient (Wildman–Crippen LogP) is 0.511. The van der Waals surface area contributed by atoms with Crippen molar-refractivity contribution in [2.45, 2.75) is 26.3 Å². The zero-order valence-corrected chi connectivity index (χ0v) is 8.49. The summed E-state index contributed by atoms with van der Waals surface area (Å²) in [5, 5.41) is 11.5. The zero-order valence-electron chi connectivity index (χ0n) is 8.49. The molecule has 0 aromatic heterocycles. The molecule has 0 saturated carbocycles. The summed E-state index contributed by atoms with van der Waals surface area (Å²) in [6, 6.07) is -0.0130. The van der Waals surface area contributed by atoms with E-state index >= 15 is 0 Å². The van der Waals surface area contributed by atoms with E-state index in [4.69, 9.17) is 5.11 Å². The summed E-state index contributed by atoms with van der Waals surface area (Å²) in [6.45, 7) is 4.56. The van der Waals surface area contributed by atoms with Crippen LogP contribution in [0.15, 0.2) is 0 Å². The molecular formula is C9H16N2O3. The van der Waals surface area contributed by atoms with Crippen LogP contribution in [0.2, 0.25) is 0 Å². The van der Waals surface area contributed by atoms with Gasteiger partial charge in [-0.15, -0.1) is 0 Å². The Morgan fingerprint density at radius 2 is 2.14 bits per heavy atom. The van der Waals surface area contributed by atoms with Crippen LogP contribution in [0, 0.1) is 5.92 Å². The van der Waals surface area contributed by atoms with E-state index in [0.29, 0.717) is 19.5 Å². The average Bonchev–Trinajstić information content (AvgIpc) is 2.52. The van der Waals surface area contributed by atoms with Crippen LogP contribution in [-0.4, -0.2) is 41.1 Å². The van der Waals surface area contributed by atoms with Crippen molar-refractivity contribution in [3.05, 3.63) is 0 Å². The minimum Gasteiger partial charge on any atom is -0.465 e. The monoisotopic (exact) mass is 200 g/mol. The summed E-state index contributed by atoms with van der Waals surface area (Å²) in [4.78, 5) is 23.2. The lowest BCUT2D eigenvalue weighted by atomic mass is 10.2. The van der Waals surface area contributed by atoms with Crippen LogP contribution in [0.5, 0.6) is 0 Å². The minimum absolute atomic E-state index is 0.0118. The molecule has 0 bridgehead atoms. The molecule has 14 heavy (non-hydrogen) atoms. The SMILES string of the molecule is CC(C)C(=O)N[C@@H]1CCN(C(=O)O)C1. The first-order chi connectivity index (χ1) is 6.50. The molecule has 0 aromatic carbocycles. The van der Waals surface area contributed by atoms with Crippen LogP contribution in [0.1, 0.15) is 20.3 Å². The van der Waals surface area contributed by atoms with E-state index in [2.05, 4.69) is 5.32 Å². The van der Waals surface area contributed by atoms with Crippen LogP contribution in [-0.2, 0) is 4.79 Å². The lowest BCUT2D eigenvalue weighted by molar-refractivity contribution is -0.124. The first-order valence-corrected chi connectivity index (χ1v) is 4.79. The summed E-state index contributed by atoms with van der Waals surface area (Å²) < 4.78 is 0. The van der Waals surface area contributed by atoms with Crippen molar-refractivity contribution < 1.29 is 14.7 Å². The number of hydrogen-bond donors (Lipinski definition) is 2. The van der Waals surface area contributed by atoms with Crippen molar-refractivity contribution in [2.24, 2.45) is 5.92 Å². The van der Waals surface area contributed by atoms with Crippen LogP contribution in [0.3, 0.4) is 0 Å². The fourth-order valence-corrected chi connectivity index (χ4v) is 1.42. The number of carboxylic acid groups (broad SMARTS) is 1. The normalized spacial score (nSPS) is 21.4. The molecule has 2 amide bonds. The number of likely N-dealkylation sites (tertiary alicyclic amines) is 1. The van der Waals surface area contributed by atoms with Gasteiger partial charge in [0, 0.05) is 25.0 Å². The van der Waals surface area contributed by atoms with E-state index in [0.717, 1.165) is 0 Å². The molecule has 1 atom stereocenters. The van der Waals surface area contributed by atoms with Gasteiger partial charge in [0.2, 0.25) is 5.91 Å². The Morgan fingerprint density at radius 1 is 1.50 bits per heavy atom. The molecule has 1 fully saturated rings. The molecule has 1 aliphatic rings. The van der Waals surface area contributed by atoms with Gasteiger partial charge in [0.05, 0.1) is 0 Å². The van der Waals surface area contributed by atoms with Gasteiger partial charge in [-0.2, -0.15) is 0 Å². The molecule has 1 saturated heterocycles. The molecule has 0 spiro atoms. The molecule has 0 unspecified atom stereocenters. The quantitative estimate of drug-likeness (QED) is 0.682. The third-order valence-corrected chi connectivity index (χ3v) is 2.33. The molecule has 0 aromatic rings. The van der Waals surface area contributed by atoms with Gasteiger partial charge in [-0.3, -0.25) is 4.79 Å². The van der Waals surface area contributed by atoms with Crippen LogP contribution in [0.25, 0.3) is 0 Å². The first-order valence-electron chi connectivity index (χ1n) is 4.79. The number of carbonyl (C=O) groups is 2. The van der Waals surface area contributed by atoms with Crippen LogP contribution >= 0.6 is 0 Å². The van der Waals surface area contributed by atoms with E-state index in [9.17, 15) is 9.59 Å². The highest BCUT2D eigenvalue weighted by Crippen LogP contribution is 2.09. The summed E-state index contributed by atoms with van der Waals surface area (Å²) >= 11 is 0. The Bertz CT molecular complexity index is 240. The maximum Gasteiger partial charge on any atom is 0.407 e. The highest BCUT2D eigenvalue weighted by atomic mass is 16.4. The van der Waals surface area contributed by atoms with Crippen molar-refractivity contribution >= 4 is 12.0 Å². The molecule has 1 aliphatic heterocycles. The number of nitrogens with zero attached hydrogens (tertiary/aromatic N) is 1. The maximum atomic E-state index is 11.3. The van der Waals surface area contributed by atoms with Crippen molar-refractivity contribution in [3.8, 4) is 0 Å². The van der Waals surface area contributed by atoms with Gasteiger partial charge in [-0.25, -0.2) is 4.79 Å².